The van der Waals surface area contributed by atoms with Crippen molar-refractivity contribution in [1.82, 2.24) is 15.1 Å². The highest BCUT2D eigenvalue weighted by molar-refractivity contribution is 5.59. The van der Waals surface area contributed by atoms with Gasteiger partial charge in [0.15, 0.2) is 11.5 Å². The third-order valence-corrected chi connectivity index (χ3v) is 7.58. The molecule has 0 amide bonds. The van der Waals surface area contributed by atoms with Crippen LogP contribution in [0.15, 0.2) is 36.4 Å². The molecule has 252 valence electrons. The minimum atomic E-state index is -0.600. The Morgan fingerprint density at radius 3 is 1.64 bits per heavy atom. The zero-order valence-corrected chi connectivity index (χ0v) is 28.0. The summed E-state index contributed by atoms with van der Waals surface area (Å²) in [7, 11) is 8.55. The van der Waals surface area contributed by atoms with E-state index in [4.69, 9.17) is 9.47 Å². The van der Waals surface area contributed by atoms with Crippen molar-refractivity contribution < 1.29 is 23.7 Å². The fourth-order valence-electron chi connectivity index (χ4n) is 5.15. The molecule has 0 saturated carbocycles. The van der Waals surface area contributed by atoms with Gasteiger partial charge in [0, 0.05) is 55.1 Å². The molecule has 0 aromatic heterocycles. The molecule has 2 aromatic rings. The van der Waals surface area contributed by atoms with Gasteiger partial charge in [-0.1, -0.05) is 0 Å². The number of halogens is 1. The molecule has 0 radical (unpaired) electrons. The maximum Gasteiger partial charge on any atom is 0.311 e. The summed E-state index contributed by atoms with van der Waals surface area (Å²) in [6, 6.07) is 9.74. The summed E-state index contributed by atoms with van der Waals surface area (Å²) in [6.07, 6.45) is 4.51. The molecule has 4 rings (SSSR count). The Bertz CT molecular complexity index is 1210. The number of anilines is 1. The maximum atomic E-state index is 12.8. The average molecular weight is 635 g/mol. The first-order valence-electron chi connectivity index (χ1n) is 15.5. The van der Waals surface area contributed by atoms with Crippen LogP contribution in [-0.4, -0.2) is 98.3 Å². The van der Waals surface area contributed by atoms with Crippen LogP contribution in [0.25, 0.3) is 0 Å². The van der Waals surface area contributed by atoms with E-state index in [2.05, 4.69) is 48.2 Å². The number of nitrogens with one attached hydrogen (secondary N) is 1. The summed E-state index contributed by atoms with van der Waals surface area (Å²) in [4.78, 5) is 27.5. The largest absolute Gasteiger partial charge is 0.484 e. The second kappa shape index (κ2) is 18.4. The first-order chi connectivity index (χ1) is 21.2. The summed E-state index contributed by atoms with van der Waals surface area (Å²) < 4.78 is 23.5. The molecule has 2 heterocycles. The van der Waals surface area contributed by atoms with Crippen LogP contribution in [-0.2, 0) is 0 Å². The van der Waals surface area contributed by atoms with Crippen molar-refractivity contribution in [2.45, 2.75) is 77.7 Å². The van der Waals surface area contributed by atoms with Gasteiger partial charge < -0.3 is 29.5 Å². The summed E-state index contributed by atoms with van der Waals surface area (Å²) in [5.41, 5.74) is 0.805. The third-order valence-electron chi connectivity index (χ3n) is 7.58. The topological polar surface area (TPSA) is 126 Å². The Labute approximate surface area is 266 Å². The summed E-state index contributed by atoms with van der Waals surface area (Å²) in [5, 5.41) is 25.0. The van der Waals surface area contributed by atoms with Crippen molar-refractivity contribution >= 4 is 17.1 Å². The Balaban J connectivity index is 0.000000261. The molecule has 2 fully saturated rings. The molecule has 2 aromatic carbocycles. The average Bonchev–Trinajstić information content (AvgIpc) is 2.97. The lowest BCUT2D eigenvalue weighted by atomic mass is 10.0. The molecule has 0 unspecified atom stereocenters. The van der Waals surface area contributed by atoms with E-state index in [0.29, 0.717) is 11.8 Å². The van der Waals surface area contributed by atoms with Crippen LogP contribution in [0.5, 0.6) is 11.5 Å². The lowest BCUT2D eigenvalue weighted by Crippen LogP contribution is -2.42. The minimum Gasteiger partial charge on any atom is -0.484 e. The molecule has 12 nitrogen and oxygen atoms in total. The zero-order valence-electron chi connectivity index (χ0n) is 28.0. The fourth-order valence-corrected chi connectivity index (χ4v) is 5.15. The molecule has 0 bridgehead atoms. The smallest absolute Gasteiger partial charge is 0.311 e. The van der Waals surface area contributed by atoms with Gasteiger partial charge in [-0.15, -0.1) is 0 Å². The maximum absolute atomic E-state index is 12.8. The highest BCUT2D eigenvalue weighted by Gasteiger charge is 2.24. The molecule has 2 aliphatic heterocycles. The van der Waals surface area contributed by atoms with Gasteiger partial charge in [-0.25, -0.2) is 4.39 Å². The van der Waals surface area contributed by atoms with Gasteiger partial charge in [0.2, 0.25) is 0 Å². The van der Waals surface area contributed by atoms with Gasteiger partial charge in [-0.3, -0.25) is 20.2 Å². The molecule has 0 aliphatic carbocycles. The Morgan fingerprint density at radius 2 is 1.22 bits per heavy atom. The predicted molar refractivity (Wildman–Crippen MR) is 176 cm³/mol. The van der Waals surface area contributed by atoms with Crippen LogP contribution in [0.4, 0.5) is 21.5 Å². The number of piperidine rings is 2. The third kappa shape index (κ3) is 12.8. The van der Waals surface area contributed by atoms with Crippen molar-refractivity contribution in [3.8, 4) is 11.5 Å². The van der Waals surface area contributed by atoms with Crippen molar-refractivity contribution in [2.75, 3.05) is 59.3 Å². The van der Waals surface area contributed by atoms with E-state index in [-0.39, 0.29) is 34.3 Å². The molecule has 2 saturated heterocycles. The number of benzene rings is 2. The number of rotatable bonds is 9. The number of nitrogens with zero attached hydrogens (tertiary/aromatic N) is 5. The number of nitro groups is 2. The summed E-state index contributed by atoms with van der Waals surface area (Å²) in [5.74, 6) is -0.233. The predicted octanol–water partition coefficient (Wildman–Crippen LogP) is 5.73. The van der Waals surface area contributed by atoms with E-state index in [1.54, 1.807) is 26.0 Å². The summed E-state index contributed by atoms with van der Waals surface area (Å²) in [6.45, 7) is 11.5. The van der Waals surface area contributed by atoms with E-state index < -0.39 is 10.7 Å². The fraction of sp³-hybridized carbons (Fsp3) is 0.625. The van der Waals surface area contributed by atoms with Crippen LogP contribution in [0.2, 0.25) is 0 Å². The molecule has 1 N–H and O–H groups in total. The zero-order chi connectivity index (χ0) is 33.7. The normalized spacial score (nSPS) is 15.8. The highest BCUT2D eigenvalue weighted by atomic mass is 19.1. The molecular weight excluding hydrogens is 583 g/mol. The van der Waals surface area contributed by atoms with E-state index in [1.165, 1.54) is 25.9 Å². The van der Waals surface area contributed by atoms with Crippen molar-refractivity contribution in [3.63, 3.8) is 0 Å². The van der Waals surface area contributed by atoms with Gasteiger partial charge in [-0.05, 0) is 107 Å². The second-order valence-corrected chi connectivity index (χ2v) is 12.2. The Hall–Kier alpha value is -3.55. The number of hydrogen-bond donors (Lipinski definition) is 1. The Kier molecular flexibility index (Phi) is 15.4. The van der Waals surface area contributed by atoms with E-state index in [1.807, 2.05) is 19.9 Å². The number of nitro benzene ring substituents is 2. The first-order valence-corrected chi connectivity index (χ1v) is 15.5. The molecule has 0 atom stereocenters. The standard InChI is InChI=1S/C16H25N3O3.C9H10FNO3.C7H16N2/c1-12(2)22-16-11-14(5-6-15(16)19(20)21)18-9-7-13(8-10-18)17(3)4;1-6(2)14-9-5-7(10)3-4-8(9)11(12)13;1-9(2)7-3-5-8-6-4-7/h5-6,11-13H,7-10H2,1-4H3;3-6H,1-2H3;7-8H,3-6H2,1-2H3. The van der Waals surface area contributed by atoms with Crippen LogP contribution in [0, 0.1) is 26.0 Å². The molecule has 0 spiro atoms. The van der Waals surface area contributed by atoms with Gasteiger partial charge in [0.05, 0.1) is 22.1 Å². The molecule has 45 heavy (non-hydrogen) atoms. The van der Waals surface area contributed by atoms with Crippen LogP contribution in [0.3, 0.4) is 0 Å². The van der Waals surface area contributed by atoms with Gasteiger partial charge in [0.1, 0.15) is 5.82 Å². The van der Waals surface area contributed by atoms with Crippen LogP contribution in [0.1, 0.15) is 53.4 Å². The minimum absolute atomic E-state index is 0.0284. The molecular formula is C32H51FN6O6. The Morgan fingerprint density at radius 1 is 0.778 bits per heavy atom. The van der Waals surface area contributed by atoms with E-state index in [0.717, 1.165) is 55.9 Å². The molecule has 2 aliphatic rings. The van der Waals surface area contributed by atoms with Crippen molar-refractivity contribution in [1.29, 1.82) is 0 Å². The first kappa shape index (κ1) is 37.6. The second-order valence-electron chi connectivity index (χ2n) is 12.2. The van der Waals surface area contributed by atoms with Crippen LogP contribution >= 0.6 is 0 Å². The van der Waals surface area contributed by atoms with Crippen molar-refractivity contribution in [3.05, 3.63) is 62.4 Å². The highest BCUT2D eigenvalue weighted by Crippen LogP contribution is 2.34. The van der Waals surface area contributed by atoms with Gasteiger partial charge >= 0.3 is 11.4 Å². The quantitative estimate of drug-likeness (QED) is 0.270. The lowest BCUT2D eigenvalue weighted by Gasteiger charge is -2.36. The van der Waals surface area contributed by atoms with Gasteiger partial charge in [-0.2, -0.15) is 0 Å². The molecule has 13 heteroatoms. The number of ether oxygens (including phenoxy) is 2. The monoisotopic (exact) mass is 634 g/mol. The van der Waals surface area contributed by atoms with Crippen LogP contribution < -0.4 is 19.7 Å². The number of hydrogen-bond acceptors (Lipinski definition) is 10. The van der Waals surface area contributed by atoms with E-state index >= 15 is 0 Å². The van der Waals surface area contributed by atoms with Gasteiger partial charge in [0.25, 0.3) is 0 Å². The lowest BCUT2D eigenvalue weighted by molar-refractivity contribution is -0.386. The van der Waals surface area contributed by atoms with E-state index in [9.17, 15) is 24.6 Å². The summed E-state index contributed by atoms with van der Waals surface area (Å²) >= 11 is 0. The van der Waals surface area contributed by atoms with Crippen molar-refractivity contribution in [2.24, 2.45) is 0 Å². The SMILES string of the molecule is CC(C)Oc1cc(F)ccc1[N+](=O)[O-].CC(C)Oc1cc(N2CCC(N(C)C)CC2)ccc1[N+](=O)[O-].CN(C)C1CCNCC1.